The molecule has 2 aliphatic heterocycles. The van der Waals surface area contributed by atoms with Gasteiger partial charge < -0.3 is 14.2 Å². The normalized spacial score (nSPS) is 18.6. The number of hydrogen-bond acceptors (Lipinski definition) is 2. The number of nitrogens with zero attached hydrogens (tertiary/aromatic N) is 2. The molecular weight excluding hydrogens is 479 g/mol. The topological polar surface area (TPSA) is 34.5 Å². The van der Waals surface area contributed by atoms with Gasteiger partial charge in [-0.2, -0.15) is 0 Å². The molecule has 6 rings (SSSR count). The first-order valence-electron chi connectivity index (χ1n) is 12.0. The minimum absolute atomic E-state index is 0.0497. The molecule has 0 bridgehead atoms. The molecule has 6 heteroatoms. The van der Waals surface area contributed by atoms with Gasteiger partial charge in [0, 0.05) is 59.7 Å². The van der Waals surface area contributed by atoms with E-state index in [1.54, 1.807) is 0 Å². The molecule has 4 nitrogen and oxygen atoms in total. The number of carbonyl (C=O) groups is 1. The number of fused-ring (bicyclic) bond motifs is 4. The fraction of sp³-hybridized carbons (Fsp3) is 0.276. The highest BCUT2D eigenvalue weighted by Crippen LogP contribution is 2.46. The third-order valence-electron chi connectivity index (χ3n) is 7.64. The van der Waals surface area contributed by atoms with Crippen LogP contribution in [0.1, 0.15) is 54.2 Å². The molecule has 3 aromatic rings. The van der Waals surface area contributed by atoms with Crippen molar-refractivity contribution in [3.8, 4) is 11.4 Å². The molecule has 3 heterocycles. The average Bonchev–Trinajstić information content (AvgIpc) is 3.46. The van der Waals surface area contributed by atoms with E-state index in [0.717, 1.165) is 28.3 Å². The van der Waals surface area contributed by atoms with Gasteiger partial charge in [-0.1, -0.05) is 46.5 Å². The second kappa shape index (κ2) is 8.32. The molecule has 178 valence electrons. The zero-order valence-electron chi connectivity index (χ0n) is 19.7. The predicted octanol–water partition coefficient (Wildman–Crippen LogP) is 7.30. The smallest absolute Gasteiger partial charge is 0.254 e. The van der Waals surface area contributed by atoms with Gasteiger partial charge in [0.2, 0.25) is 0 Å². The summed E-state index contributed by atoms with van der Waals surface area (Å²) >= 11 is 12.7. The van der Waals surface area contributed by atoms with E-state index >= 15 is 0 Å². The lowest BCUT2D eigenvalue weighted by molar-refractivity contribution is -0.00932. The molecule has 0 radical (unpaired) electrons. The number of aromatic nitrogens is 1. The zero-order chi connectivity index (χ0) is 24.3. The summed E-state index contributed by atoms with van der Waals surface area (Å²) in [6.45, 7) is 5.43. The number of likely N-dealkylation sites (tertiary alicyclic amines) is 1. The highest BCUT2D eigenvalue weighted by Gasteiger charge is 2.45. The number of carbonyl (C=O) groups excluding carboxylic acids is 1. The molecule has 0 unspecified atom stereocenters. The molecule has 2 aromatic carbocycles. The fourth-order valence-corrected chi connectivity index (χ4v) is 6.21. The minimum atomic E-state index is -0.481. The van der Waals surface area contributed by atoms with E-state index in [9.17, 15) is 4.79 Å². The summed E-state index contributed by atoms with van der Waals surface area (Å²) in [6.07, 6.45) is 7.73. The van der Waals surface area contributed by atoms with Gasteiger partial charge in [0.05, 0.1) is 11.4 Å². The Bertz CT molecular complexity index is 1390. The van der Waals surface area contributed by atoms with E-state index in [-0.39, 0.29) is 11.8 Å². The van der Waals surface area contributed by atoms with Crippen molar-refractivity contribution in [1.29, 1.82) is 0 Å². The molecule has 1 aliphatic carbocycles. The Kier molecular flexibility index (Phi) is 5.35. The van der Waals surface area contributed by atoms with Crippen molar-refractivity contribution in [2.45, 2.75) is 38.2 Å². The van der Waals surface area contributed by atoms with Crippen LogP contribution in [-0.4, -0.2) is 28.5 Å². The highest BCUT2D eigenvalue weighted by atomic mass is 35.5. The Morgan fingerprint density at radius 2 is 1.66 bits per heavy atom. The highest BCUT2D eigenvalue weighted by molar-refractivity contribution is 6.31. The first-order chi connectivity index (χ1) is 16.9. The van der Waals surface area contributed by atoms with E-state index in [2.05, 4.69) is 48.9 Å². The fourth-order valence-electron chi connectivity index (χ4n) is 5.87. The SMILES string of the molecule is CC1=CC=C(C)C1c1cc(Cl)ccc1C(=O)N1CCC2(CC1)Oc1cc(Cl)ccc1-n1cccc12. The van der Waals surface area contributed by atoms with Crippen LogP contribution in [-0.2, 0) is 5.60 Å². The quantitative estimate of drug-likeness (QED) is 0.366. The molecule has 1 amide bonds. The number of amides is 1. The second-order valence-corrected chi connectivity index (χ2v) is 10.6. The number of allylic oxidation sites excluding steroid dienone is 4. The van der Waals surface area contributed by atoms with Crippen LogP contribution in [0.15, 0.2) is 78.0 Å². The minimum Gasteiger partial charge on any atom is -0.479 e. The van der Waals surface area contributed by atoms with Gasteiger partial charge in [-0.05, 0) is 61.9 Å². The predicted molar refractivity (Wildman–Crippen MR) is 140 cm³/mol. The third kappa shape index (κ3) is 3.62. The van der Waals surface area contributed by atoms with Gasteiger partial charge in [0.25, 0.3) is 5.91 Å². The molecule has 0 atom stereocenters. The molecule has 35 heavy (non-hydrogen) atoms. The standard InChI is InChI=1S/C29H26Cl2N2O2/c1-18-5-6-19(2)27(18)23-16-20(30)7-9-22(23)28(34)32-14-11-29(12-15-32)26-4-3-13-33(26)24-10-8-21(31)17-25(24)35-29/h3-10,13,16-17,27H,11-12,14-15H2,1-2H3. The van der Waals surface area contributed by atoms with Crippen LogP contribution >= 0.6 is 23.2 Å². The number of ether oxygens (including phenoxy) is 1. The van der Waals surface area contributed by atoms with Crippen molar-refractivity contribution in [3.63, 3.8) is 0 Å². The molecule has 1 fully saturated rings. The van der Waals surface area contributed by atoms with E-state index in [0.29, 0.717) is 36.0 Å². The first-order valence-corrected chi connectivity index (χ1v) is 12.7. The lowest BCUT2D eigenvalue weighted by Gasteiger charge is -2.45. The Labute approximate surface area is 215 Å². The summed E-state index contributed by atoms with van der Waals surface area (Å²) in [5.74, 6) is 0.926. The van der Waals surface area contributed by atoms with Crippen LogP contribution < -0.4 is 4.74 Å². The van der Waals surface area contributed by atoms with Gasteiger partial charge in [-0.25, -0.2) is 0 Å². The Morgan fingerprint density at radius 1 is 0.971 bits per heavy atom. The summed E-state index contributed by atoms with van der Waals surface area (Å²) in [4.78, 5) is 15.7. The number of rotatable bonds is 2. The maximum atomic E-state index is 13.8. The zero-order valence-corrected chi connectivity index (χ0v) is 21.2. The number of halogens is 2. The van der Waals surface area contributed by atoms with Crippen LogP contribution in [0.2, 0.25) is 10.0 Å². The van der Waals surface area contributed by atoms with Gasteiger partial charge >= 0.3 is 0 Å². The van der Waals surface area contributed by atoms with Gasteiger partial charge in [0.1, 0.15) is 5.75 Å². The summed E-state index contributed by atoms with van der Waals surface area (Å²) in [6, 6.07) is 15.6. The number of piperidine rings is 1. The maximum absolute atomic E-state index is 13.8. The lowest BCUT2D eigenvalue weighted by Crippen LogP contribution is -2.50. The van der Waals surface area contributed by atoms with Crippen molar-refractivity contribution in [2.75, 3.05) is 13.1 Å². The number of hydrogen-bond donors (Lipinski definition) is 0. The van der Waals surface area contributed by atoms with Crippen LogP contribution in [0.3, 0.4) is 0 Å². The molecule has 1 spiro atoms. The maximum Gasteiger partial charge on any atom is 0.254 e. The Morgan fingerprint density at radius 3 is 2.40 bits per heavy atom. The van der Waals surface area contributed by atoms with Crippen LogP contribution in [0.25, 0.3) is 5.69 Å². The van der Waals surface area contributed by atoms with E-state index < -0.39 is 5.60 Å². The monoisotopic (exact) mass is 504 g/mol. The number of benzene rings is 2. The third-order valence-corrected chi connectivity index (χ3v) is 8.11. The largest absolute Gasteiger partial charge is 0.479 e. The second-order valence-electron chi connectivity index (χ2n) is 9.75. The Hall–Kier alpha value is -2.95. The molecule has 1 aromatic heterocycles. The summed E-state index contributed by atoms with van der Waals surface area (Å²) < 4.78 is 8.82. The molecular formula is C29H26Cl2N2O2. The molecule has 3 aliphatic rings. The van der Waals surface area contributed by atoms with Gasteiger partial charge in [0.15, 0.2) is 5.60 Å². The molecule has 0 N–H and O–H groups in total. The van der Waals surface area contributed by atoms with Crippen molar-refractivity contribution < 1.29 is 9.53 Å². The summed E-state index contributed by atoms with van der Waals surface area (Å²) in [5, 5.41) is 1.30. The first kappa shape index (κ1) is 22.5. The van der Waals surface area contributed by atoms with Crippen LogP contribution in [0.4, 0.5) is 0 Å². The van der Waals surface area contributed by atoms with Gasteiger partial charge in [-0.15, -0.1) is 0 Å². The average molecular weight is 505 g/mol. The summed E-state index contributed by atoms with van der Waals surface area (Å²) in [5.41, 5.74) is 5.80. The summed E-state index contributed by atoms with van der Waals surface area (Å²) in [7, 11) is 0. The van der Waals surface area contributed by atoms with E-state index in [4.69, 9.17) is 27.9 Å². The lowest BCUT2D eigenvalue weighted by atomic mass is 9.84. The van der Waals surface area contributed by atoms with Crippen molar-refractivity contribution in [1.82, 2.24) is 9.47 Å². The van der Waals surface area contributed by atoms with Crippen molar-refractivity contribution in [2.24, 2.45) is 0 Å². The van der Waals surface area contributed by atoms with E-state index in [1.165, 1.54) is 11.1 Å². The molecule has 1 saturated heterocycles. The molecule has 0 saturated carbocycles. The Balaban J connectivity index is 1.28. The van der Waals surface area contributed by atoms with E-state index in [1.807, 2.05) is 41.3 Å². The van der Waals surface area contributed by atoms with Crippen molar-refractivity contribution in [3.05, 3.63) is 105 Å². The van der Waals surface area contributed by atoms with Crippen LogP contribution in [0.5, 0.6) is 5.75 Å². The van der Waals surface area contributed by atoms with Crippen LogP contribution in [0, 0.1) is 0 Å². The van der Waals surface area contributed by atoms with Gasteiger partial charge in [-0.3, -0.25) is 4.79 Å². The van der Waals surface area contributed by atoms with Crippen molar-refractivity contribution >= 4 is 29.1 Å².